The third-order valence-corrected chi connectivity index (χ3v) is 8.18. The van der Waals surface area contributed by atoms with Crippen LogP contribution in [0.2, 0.25) is 0 Å². The molecule has 17 heteroatoms. The minimum atomic E-state index is -1.31. The highest BCUT2D eigenvalue weighted by Gasteiger charge is 2.55. The molecule has 1 aliphatic carbocycles. The Labute approximate surface area is 216 Å². The second-order valence-corrected chi connectivity index (χ2v) is 10.9. The molecule has 5 rings (SSSR count). The third kappa shape index (κ3) is 4.85. The summed E-state index contributed by atoms with van der Waals surface area (Å²) < 4.78 is 10.4. The number of carbonyl (C=O) groups is 3. The molecule has 190 valence electrons. The van der Waals surface area contributed by atoms with Crippen molar-refractivity contribution in [3.05, 3.63) is 22.8 Å². The summed E-state index contributed by atoms with van der Waals surface area (Å²) in [6.45, 7) is 0.00638. The molecule has 2 atom stereocenters. The van der Waals surface area contributed by atoms with Crippen LogP contribution in [0.1, 0.15) is 31.5 Å². The molecule has 4 heterocycles. The van der Waals surface area contributed by atoms with Gasteiger partial charge in [0.1, 0.15) is 36.1 Å². The molecule has 14 nitrogen and oxygen atoms in total. The summed E-state index contributed by atoms with van der Waals surface area (Å²) in [6, 6.07) is -1.72. The first-order valence-electron chi connectivity index (χ1n) is 10.9. The summed E-state index contributed by atoms with van der Waals surface area (Å²) in [5.41, 5.74) is 6.76. The van der Waals surface area contributed by atoms with E-state index in [0.29, 0.717) is 4.34 Å². The maximum absolute atomic E-state index is 13.1. The van der Waals surface area contributed by atoms with Gasteiger partial charge in [0.2, 0.25) is 11.5 Å². The highest BCUT2D eigenvalue weighted by molar-refractivity contribution is 8.01. The van der Waals surface area contributed by atoms with E-state index in [2.05, 4.69) is 30.0 Å². The van der Waals surface area contributed by atoms with Crippen LogP contribution in [0.3, 0.4) is 0 Å². The van der Waals surface area contributed by atoms with Crippen LogP contribution in [-0.2, 0) is 24.0 Å². The molecule has 2 fully saturated rings. The van der Waals surface area contributed by atoms with Crippen molar-refractivity contribution in [1.29, 1.82) is 0 Å². The summed E-state index contributed by atoms with van der Waals surface area (Å²) in [6.07, 6.45) is 3.56. The van der Waals surface area contributed by atoms with Crippen molar-refractivity contribution in [1.82, 2.24) is 29.8 Å². The first-order valence-corrected chi connectivity index (χ1v) is 13.5. The lowest BCUT2D eigenvalue weighted by Gasteiger charge is -2.49. The molecular formula is C19H20N8O6S3. The largest absolute Gasteiger partial charge is 0.492 e. The lowest BCUT2D eigenvalue weighted by molar-refractivity contribution is -0.160. The van der Waals surface area contributed by atoms with Crippen LogP contribution in [0, 0.1) is 0 Å². The van der Waals surface area contributed by atoms with E-state index in [-0.39, 0.29) is 46.6 Å². The Morgan fingerprint density at radius 3 is 2.86 bits per heavy atom. The molecule has 3 aliphatic rings. The normalized spacial score (nSPS) is 22.2. The predicted molar refractivity (Wildman–Crippen MR) is 128 cm³/mol. The molecule has 0 spiro atoms. The first-order chi connectivity index (χ1) is 17.4. The molecule has 2 aromatic heterocycles. The Hall–Kier alpha value is -3.31. The molecule has 0 unspecified atom stereocenters. The lowest BCUT2D eigenvalue weighted by Crippen LogP contribution is -2.73. The van der Waals surface area contributed by atoms with Crippen molar-refractivity contribution in [2.75, 3.05) is 18.1 Å². The molecule has 36 heavy (non-hydrogen) atoms. The number of carboxylic acid groups (broad SMARTS) is 1. The maximum atomic E-state index is 13.1. The highest BCUT2D eigenvalue weighted by Crippen LogP contribution is 2.35. The van der Waals surface area contributed by atoms with Crippen LogP contribution in [0.25, 0.3) is 0 Å². The number of carbonyl (C=O) groups excluding carboxylic acids is 2. The molecule has 0 radical (unpaired) electrons. The van der Waals surface area contributed by atoms with Gasteiger partial charge in [-0.3, -0.25) is 14.5 Å². The van der Waals surface area contributed by atoms with Gasteiger partial charge >= 0.3 is 5.97 Å². The average molecular weight is 553 g/mol. The van der Waals surface area contributed by atoms with E-state index in [4.69, 9.17) is 15.3 Å². The van der Waals surface area contributed by atoms with E-state index < -0.39 is 29.9 Å². The number of β-lactam (4-membered cyclic amide) rings is 1. The standard InChI is InChI=1S/C19H20N8O6S3/c20-18-23-14(26-36-18)12(25-33-8-3-1-2-4-8)15(28)22-11-9-5-32-10(6-34-19-24-21-7-35-19)13(17(30)31)27(9)16(11)29/h7-9,11H,1-6H2,(H,22,28)(H,30,31)(H2,20,23,26)/b25-12-/t9-,11+/m1/s1. The zero-order chi connectivity index (χ0) is 25.2. The Morgan fingerprint density at radius 2 is 2.19 bits per heavy atom. The molecular weight excluding hydrogens is 532 g/mol. The zero-order valence-corrected chi connectivity index (χ0v) is 21.0. The second-order valence-electron chi connectivity index (χ2n) is 8.02. The second kappa shape index (κ2) is 10.4. The van der Waals surface area contributed by atoms with Crippen LogP contribution in [0.4, 0.5) is 5.13 Å². The summed E-state index contributed by atoms with van der Waals surface area (Å²) >= 11 is 3.46. The van der Waals surface area contributed by atoms with Gasteiger partial charge in [-0.25, -0.2) is 4.79 Å². The smallest absolute Gasteiger partial charge is 0.356 e. The molecule has 0 bridgehead atoms. The predicted octanol–water partition coefficient (Wildman–Crippen LogP) is 0.449. The van der Waals surface area contributed by atoms with Crippen LogP contribution in [0.15, 0.2) is 26.5 Å². The molecule has 1 saturated heterocycles. The number of ether oxygens (including phenoxy) is 1. The molecule has 0 aromatic carbocycles. The van der Waals surface area contributed by atoms with Gasteiger partial charge in [-0.1, -0.05) is 28.3 Å². The average Bonchev–Trinajstić information content (AvgIpc) is 3.64. The minimum absolute atomic E-state index is 0.00638. The van der Waals surface area contributed by atoms with E-state index in [0.717, 1.165) is 42.1 Å². The molecule has 2 aromatic rings. The number of hydrogen-bond acceptors (Lipinski definition) is 14. The van der Waals surface area contributed by atoms with Gasteiger partial charge in [0, 0.05) is 11.5 Å². The third-order valence-electron chi connectivity index (χ3n) is 5.77. The Morgan fingerprint density at radius 1 is 1.39 bits per heavy atom. The molecule has 4 N–H and O–H groups in total. The van der Waals surface area contributed by atoms with Crippen molar-refractivity contribution in [2.24, 2.45) is 5.16 Å². The maximum Gasteiger partial charge on any atom is 0.356 e. The Kier molecular flexibility index (Phi) is 7.01. The lowest BCUT2D eigenvalue weighted by atomic mass is 9.92. The van der Waals surface area contributed by atoms with Gasteiger partial charge in [-0.2, -0.15) is 9.36 Å². The number of nitrogens with one attached hydrogen (secondary N) is 1. The van der Waals surface area contributed by atoms with E-state index in [9.17, 15) is 19.5 Å². The topological polar surface area (TPSA) is 195 Å². The number of anilines is 1. The number of nitrogens with zero attached hydrogens (tertiary/aromatic N) is 6. The number of aliphatic carboxylic acids is 1. The van der Waals surface area contributed by atoms with E-state index >= 15 is 0 Å². The van der Waals surface area contributed by atoms with Crippen LogP contribution in [-0.4, -0.2) is 83.6 Å². The van der Waals surface area contributed by atoms with Crippen LogP contribution >= 0.6 is 34.6 Å². The van der Waals surface area contributed by atoms with Crippen molar-refractivity contribution < 1.29 is 29.1 Å². The number of amides is 2. The number of hydrogen-bond donors (Lipinski definition) is 3. The van der Waals surface area contributed by atoms with Gasteiger partial charge in [0.25, 0.3) is 11.8 Å². The number of carboxylic acids is 1. The molecule has 1 saturated carbocycles. The van der Waals surface area contributed by atoms with Crippen molar-refractivity contribution >= 4 is 63.3 Å². The summed E-state index contributed by atoms with van der Waals surface area (Å²) in [5, 5.41) is 24.1. The summed E-state index contributed by atoms with van der Waals surface area (Å²) in [4.78, 5) is 48.7. The number of fused-ring (bicyclic) bond motifs is 1. The first kappa shape index (κ1) is 24.4. The number of nitrogen functional groups attached to an aromatic ring is 1. The highest BCUT2D eigenvalue weighted by atomic mass is 32.2. The van der Waals surface area contributed by atoms with Crippen molar-refractivity contribution in [3.63, 3.8) is 0 Å². The van der Waals surface area contributed by atoms with Gasteiger partial charge in [0.15, 0.2) is 15.2 Å². The minimum Gasteiger partial charge on any atom is -0.492 e. The SMILES string of the molecule is Nc1nc(/C(=N/OC2CCCC2)C(=O)N[C@@H]2C(=O)N3C(C(=O)O)=C(CSc4nncs4)OC[C@H]23)ns1. The number of rotatable bonds is 9. The number of thioether (sulfide) groups is 1. The molecule has 2 amide bonds. The number of aromatic nitrogens is 4. The van der Waals surface area contributed by atoms with Gasteiger partial charge in [-0.05, 0) is 25.7 Å². The van der Waals surface area contributed by atoms with Crippen molar-refractivity contribution in [2.45, 2.75) is 48.2 Å². The molecule has 2 aliphatic heterocycles. The van der Waals surface area contributed by atoms with Crippen molar-refractivity contribution in [3.8, 4) is 0 Å². The monoisotopic (exact) mass is 552 g/mol. The van der Waals surface area contributed by atoms with Crippen LogP contribution < -0.4 is 11.1 Å². The quantitative estimate of drug-likeness (QED) is 0.168. The summed E-state index contributed by atoms with van der Waals surface area (Å²) in [5.74, 6) is -2.32. The van der Waals surface area contributed by atoms with E-state index in [1.165, 1.54) is 23.1 Å². The fourth-order valence-electron chi connectivity index (χ4n) is 4.07. The number of nitrogens with two attached hydrogens (primary N) is 1. The zero-order valence-electron chi connectivity index (χ0n) is 18.5. The van der Waals surface area contributed by atoms with Gasteiger partial charge < -0.3 is 25.7 Å². The number of oxime groups is 1. The fraction of sp³-hybridized carbons (Fsp3) is 0.474. The van der Waals surface area contributed by atoms with Crippen LogP contribution in [0.5, 0.6) is 0 Å². The van der Waals surface area contributed by atoms with Gasteiger partial charge in [-0.15, -0.1) is 10.2 Å². The fourth-order valence-corrected chi connectivity index (χ4v) is 5.94. The Bertz CT molecular complexity index is 1230. The van der Waals surface area contributed by atoms with E-state index in [1.54, 1.807) is 5.51 Å². The van der Waals surface area contributed by atoms with E-state index in [1.807, 2.05) is 0 Å². The summed E-state index contributed by atoms with van der Waals surface area (Å²) in [7, 11) is 0. The van der Waals surface area contributed by atoms with Gasteiger partial charge in [0.05, 0.1) is 5.75 Å². The Balaban J connectivity index is 1.30.